The second-order valence-electron chi connectivity index (χ2n) is 4.09. The van der Waals surface area contributed by atoms with E-state index in [1.165, 1.54) is 6.92 Å². The zero-order valence-corrected chi connectivity index (χ0v) is 9.95. The summed E-state index contributed by atoms with van der Waals surface area (Å²) in [7, 11) is 0. The van der Waals surface area contributed by atoms with E-state index < -0.39 is 0 Å². The van der Waals surface area contributed by atoms with E-state index >= 15 is 0 Å². The van der Waals surface area contributed by atoms with Crippen molar-refractivity contribution in [1.29, 1.82) is 0 Å². The fraction of sp³-hybridized carbons (Fsp3) is 0.545. The van der Waals surface area contributed by atoms with E-state index in [2.05, 4.69) is 34.7 Å². The van der Waals surface area contributed by atoms with Crippen LogP contribution in [-0.4, -0.2) is 22.6 Å². The lowest BCUT2D eigenvalue weighted by molar-refractivity contribution is -0.114. The number of amides is 1. The number of carbonyl (C=O) groups is 1. The number of carbonyl (C=O) groups excluding carboxylic acids is 1. The molecule has 0 atom stereocenters. The second kappa shape index (κ2) is 6.05. The standard InChI is InChI=1S/C11H18N4O/c1-8(2)6-7-12-10-4-5-11(15-14-10)13-9(3)16/h4-5,8H,6-7H2,1-3H3,(H,12,14)(H,13,15,16). The molecule has 5 heteroatoms. The molecule has 5 nitrogen and oxygen atoms in total. The third-order valence-corrected chi connectivity index (χ3v) is 2.00. The largest absolute Gasteiger partial charge is 0.369 e. The Morgan fingerprint density at radius 1 is 1.31 bits per heavy atom. The van der Waals surface area contributed by atoms with Crippen molar-refractivity contribution in [3.8, 4) is 0 Å². The van der Waals surface area contributed by atoms with Crippen LogP contribution in [0.5, 0.6) is 0 Å². The number of nitrogens with zero attached hydrogens (tertiary/aromatic N) is 2. The molecule has 1 aromatic rings. The third kappa shape index (κ3) is 4.72. The fourth-order valence-electron chi connectivity index (χ4n) is 1.16. The molecule has 0 radical (unpaired) electrons. The first-order chi connectivity index (χ1) is 7.58. The van der Waals surface area contributed by atoms with Gasteiger partial charge in [-0.2, -0.15) is 0 Å². The van der Waals surface area contributed by atoms with Crippen molar-refractivity contribution in [2.24, 2.45) is 5.92 Å². The van der Waals surface area contributed by atoms with Crippen LogP contribution in [0.1, 0.15) is 27.2 Å². The predicted molar refractivity (Wildman–Crippen MR) is 64.3 cm³/mol. The van der Waals surface area contributed by atoms with Crippen LogP contribution in [0.2, 0.25) is 0 Å². The van der Waals surface area contributed by atoms with Gasteiger partial charge in [0.1, 0.15) is 5.82 Å². The first-order valence-electron chi connectivity index (χ1n) is 5.43. The van der Waals surface area contributed by atoms with Crippen molar-refractivity contribution in [1.82, 2.24) is 10.2 Å². The molecule has 0 aliphatic carbocycles. The van der Waals surface area contributed by atoms with Gasteiger partial charge in [0.15, 0.2) is 5.82 Å². The highest BCUT2D eigenvalue weighted by atomic mass is 16.1. The van der Waals surface area contributed by atoms with Crippen LogP contribution in [-0.2, 0) is 4.79 Å². The molecule has 0 aliphatic rings. The molecule has 0 spiro atoms. The maximum absolute atomic E-state index is 10.8. The van der Waals surface area contributed by atoms with Gasteiger partial charge in [0.25, 0.3) is 0 Å². The Bertz CT molecular complexity index is 334. The molecule has 0 fully saturated rings. The van der Waals surface area contributed by atoms with E-state index in [0.717, 1.165) is 18.8 Å². The molecule has 0 aliphatic heterocycles. The van der Waals surface area contributed by atoms with Crippen LogP contribution in [0.25, 0.3) is 0 Å². The summed E-state index contributed by atoms with van der Waals surface area (Å²) in [5.41, 5.74) is 0. The molecule has 0 saturated heterocycles. The molecular weight excluding hydrogens is 204 g/mol. The van der Waals surface area contributed by atoms with Crippen LogP contribution in [0.3, 0.4) is 0 Å². The Labute approximate surface area is 95.7 Å². The number of hydrogen-bond acceptors (Lipinski definition) is 4. The van der Waals surface area contributed by atoms with Gasteiger partial charge < -0.3 is 10.6 Å². The number of aromatic nitrogens is 2. The minimum atomic E-state index is -0.144. The molecule has 2 N–H and O–H groups in total. The van der Waals surface area contributed by atoms with Crippen LogP contribution in [0.15, 0.2) is 12.1 Å². The van der Waals surface area contributed by atoms with Gasteiger partial charge in [-0.05, 0) is 24.5 Å². The zero-order valence-electron chi connectivity index (χ0n) is 9.95. The average Bonchev–Trinajstić information content (AvgIpc) is 2.19. The molecular formula is C11H18N4O. The number of hydrogen-bond donors (Lipinski definition) is 2. The first kappa shape index (κ1) is 12.4. The van der Waals surface area contributed by atoms with Crippen LogP contribution in [0.4, 0.5) is 11.6 Å². The SMILES string of the molecule is CC(=O)Nc1ccc(NCCC(C)C)nn1. The smallest absolute Gasteiger partial charge is 0.222 e. The highest BCUT2D eigenvalue weighted by Gasteiger charge is 1.99. The molecule has 1 amide bonds. The van der Waals surface area contributed by atoms with E-state index in [1.54, 1.807) is 12.1 Å². The summed E-state index contributed by atoms with van der Waals surface area (Å²) in [6.07, 6.45) is 1.09. The summed E-state index contributed by atoms with van der Waals surface area (Å²) in [6, 6.07) is 3.53. The Hall–Kier alpha value is -1.65. The lowest BCUT2D eigenvalue weighted by Gasteiger charge is -2.07. The zero-order chi connectivity index (χ0) is 12.0. The van der Waals surface area contributed by atoms with Gasteiger partial charge in [-0.1, -0.05) is 13.8 Å². The highest BCUT2D eigenvalue weighted by molar-refractivity contribution is 5.87. The normalized spacial score (nSPS) is 10.2. The summed E-state index contributed by atoms with van der Waals surface area (Å²) >= 11 is 0. The monoisotopic (exact) mass is 222 g/mol. The van der Waals surface area contributed by atoms with Crippen LogP contribution >= 0.6 is 0 Å². The minimum Gasteiger partial charge on any atom is -0.369 e. The summed E-state index contributed by atoms with van der Waals surface area (Å²) in [5, 5.41) is 13.6. The van der Waals surface area contributed by atoms with Gasteiger partial charge in [0, 0.05) is 13.5 Å². The Morgan fingerprint density at radius 3 is 2.44 bits per heavy atom. The second-order valence-corrected chi connectivity index (χ2v) is 4.09. The number of anilines is 2. The van der Waals surface area contributed by atoms with Crippen molar-refractivity contribution in [3.05, 3.63) is 12.1 Å². The van der Waals surface area contributed by atoms with Crippen LogP contribution < -0.4 is 10.6 Å². The molecule has 0 unspecified atom stereocenters. The number of rotatable bonds is 5. The van der Waals surface area contributed by atoms with Gasteiger partial charge in [-0.3, -0.25) is 4.79 Å². The molecule has 1 rings (SSSR count). The van der Waals surface area contributed by atoms with E-state index in [1.807, 2.05) is 0 Å². The molecule has 16 heavy (non-hydrogen) atoms. The summed E-state index contributed by atoms with van der Waals surface area (Å²) in [4.78, 5) is 10.8. The maximum Gasteiger partial charge on any atom is 0.222 e. The van der Waals surface area contributed by atoms with Gasteiger partial charge >= 0.3 is 0 Å². The van der Waals surface area contributed by atoms with Crippen molar-refractivity contribution in [2.45, 2.75) is 27.2 Å². The Balaban J connectivity index is 2.42. The number of nitrogens with one attached hydrogen (secondary N) is 2. The van der Waals surface area contributed by atoms with Crippen molar-refractivity contribution >= 4 is 17.5 Å². The van der Waals surface area contributed by atoms with Gasteiger partial charge in [0.05, 0.1) is 0 Å². The molecule has 1 heterocycles. The topological polar surface area (TPSA) is 66.9 Å². The quantitative estimate of drug-likeness (QED) is 0.798. The summed E-state index contributed by atoms with van der Waals surface area (Å²) in [6.45, 7) is 6.67. The fourth-order valence-corrected chi connectivity index (χ4v) is 1.16. The lowest BCUT2D eigenvalue weighted by Crippen LogP contribution is -2.10. The summed E-state index contributed by atoms with van der Waals surface area (Å²) in [5.74, 6) is 1.73. The minimum absolute atomic E-state index is 0.144. The van der Waals surface area contributed by atoms with Crippen molar-refractivity contribution in [3.63, 3.8) is 0 Å². The van der Waals surface area contributed by atoms with Crippen molar-refractivity contribution in [2.75, 3.05) is 17.2 Å². The highest BCUT2D eigenvalue weighted by Crippen LogP contribution is 2.07. The first-order valence-corrected chi connectivity index (χ1v) is 5.43. The summed E-state index contributed by atoms with van der Waals surface area (Å²) < 4.78 is 0. The van der Waals surface area contributed by atoms with Gasteiger partial charge in [0.2, 0.25) is 5.91 Å². The molecule has 88 valence electrons. The Morgan fingerprint density at radius 2 is 1.94 bits per heavy atom. The third-order valence-electron chi connectivity index (χ3n) is 2.00. The van der Waals surface area contributed by atoms with Gasteiger partial charge in [-0.15, -0.1) is 10.2 Å². The van der Waals surface area contributed by atoms with E-state index in [0.29, 0.717) is 11.7 Å². The molecule has 0 saturated carbocycles. The van der Waals surface area contributed by atoms with Crippen LogP contribution in [0, 0.1) is 5.92 Å². The van der Waals surface area contributed by atoms with E-state index in [9.17, 15) is 4.79 Å². The lowest BCUT2D eigenvalue weighted by atomic mass is 10.1. The molecule has 0 aromatic carbocycles. The molecule has 1 aromatic heterocycles. The van der Waals surface area contributed by atoms with E-state index in [4.69, 9.17) is 0 Å². The maximum atomic E-state index is 10.8. The predicted octanol–water partition coefficient (Wildman–Crippen LogP) is 1.89. The van der Waals surface area contributed by atoms with Crippen molar-refractivity contribution < 1.29 is 4.79 Å². The average molecular weight is 222 g/mol. The van der Waals surface area contributed by atoms with E-state index in [-0.39, 0.29) is 5.91 Å². The Kier molecular flexibility index (Phi) is 4.69. The van der Waals surface area contributed by atoms with Gasteiger partial charge in [-0.25, -0.2) is 0 Å². The molecule has 0 bridgehead atoms.